The largest absolute Gasteiger partial charge is 0.369 e. The monoisotopic (exact) mass is 490 g/mol. The molecule has 2 fully saturated rings. The van der Waals surface area contributed by atoms with Crippen molar-refractivity contribution in [3.63, 3.8) is 0 Å². The maximum Gasteiger partial charge on any atom is 0.259 e. The van der Waals surface area contributed by atoms with Gasteiger partial charge in [0.1, 0.15) is 0 Å². The van der Waals surface area contributed by atoms with Crippen LogP contribution in [-0.4, -0.2) is 57.7 Å². The second-order valence-electron chi connectivity index (χ2n) is 10.6. The molecule has 0 radical (unpaired) electrons. The van der Waals surface area contributed by atoms with Crippen molar-refractivity contribution in [1.82, 2.24) is 19.7 Å². The van der Waals surface area contributed by atoms with E-state index in [1.807, 2.05) is 51.0 Å². The van der Waals surface area contributed by atoms with Crippen LogP contribution in [-0.2, 0) is 12.6 Å². The van der Waals surface area contributed by atoms with Crippen molar-refractivity contribution in [1.29, 1.82) is 0 Å². The molecule has 0 atom stereocenters. The van der Waals surface area contributed by atoms with Gasteiger partial charge in [-0.05, 0) is 50.6 Å². The van der Waals surface area contributed by atoms with Gasteiger partial charge in [-0.25, -0.2) is 0 Å². The van der Waals surface area contributed by atoms with Crippen LogP contribution in [0.5, 0.6) is 0 Å². The third-order valence-electron chi connectivity index (χ3n) is 7.82. The first kappa shape index (κ1) is 22.1. The highest BCUT2D eigenvalue weighted by atomic mass is 35.5. The minimum atomic E-state index is -0.535. The van der Waals surface area contributed by atoms with Gasteiger partial charge in [0.25, 0.3) is 11.8 Å². The average Bonchev–Trinajstić information content (AvgIpc) is 3.19. The normalized spacial score (nSPS) is 19.6. The molecule has 180 valence electrons. The molecule has 8 nitrogen and oxygen atoms in total. The fraction of sp³-hybridized carbons (Fsp3) is 0.385. The van der Waals surface area contributed by atoms with Crippen LogP contribution in [0.2, 0.25) is 5.02 Å². The lowest BCUT2D eigenvalue weighted by Gasteiger charge is -2.60. The molecule has 35 heavy (non-hydrogen) atoms. The Balaban J connectivity index is 1.16. The lowest BCUT2D eigenvalue weighted by atomic mass is 9.72. The van der Waals surface area contributed by atoms with E-state index in [9.17, 15) is 9.59 Å². The number of fused-ring (bicyclic) bond motifs is 1. The summed E-state index contributed by atoms with van der Waals surface area (Å²) < 4.78 is 1.73. The maximum absolute atomic E-state index is 13.3. The predicted octanol–water partition coefficient (Wildman–Crippen LogP) is 3.63. The van der Waals surface area contributed by atoms with Crippen molar-refractivity contribution in [3.8, 4) is 0 Å². The molecule has 0 aliphatic carbocycles. The van der Waals surface area contributed by atoms with Gasteiger partial charge in [-0.2, -0.15) is 5.10 Å². The van der Waals surface area contributed by atoms with Crippen LogP contribution in [0.25, 0.3) is 0 Å². The summed E-state index contributed by atoms with van der Waals surface area (Å²) in [6.07, 6.45) is 5.24. The summed E-state index contributed by atoms with van der Waals surface area (Å²) in [5, 5.41) is 4.81. The number of likely N-dealkylation sites (tertiary alicyclic amines) is 1. The average molecular weight is 491 g/mol. The Hall–Kier alpha value is -3.39. The Morgan fingerprint density at radius 1 is 1.03 bits per heavy atom. The van der Waals surface area contributed by atoms with Crippen LogP contribution in [0, 0.1) is 12.3 Å². The summed E-state index contributed by atoms with van der Waals surface area (Å²) in [6, 6.07) is 7.47. The van der Waals surface area contributed by atoms with E-state index in [1.54, 1.807) is 34.1 Å². The standard InChI is InChI=1S/C26H27ClN6O2/c1-16-21(11-29-30(16)4)23(34)32-14-26(15-32)12-31(13-26)18-8-19(10-28-9-18)33-24(35)20-6-5-17(27)7-22(20)25(33,2)3/h5-11H,12-15H2,1-4H3. The summed E-state index contributed by atoms with van der Waals surface area (Å²) in [5.74, 6) is 0.0114. The van der Waals surface area contributed by atoms with E-state index < -0.39 is 5.54 Å². The molecule has 2 saturated heterocycles. The molecule has 3 aliphatic heterocycles. The van der Waals surface area contributed by atoms with E-state index in [2.05, 4.69) is 15.0 Å². The molecule has 1 aromatic carbocycles. The minimum absolute atomic E-state index is 0.0421. The van der Waals surface area contributed by atoms with E-state index in [1.165, 1.54) is 0 Å². The van der Waals surface area contributed by atoms with E-state index in [0.717, 1.165) is 48.8 Å². The SMILES string of the molecule is Cc1c(C(=O)N2CC3(C2)CN(c2cncc(N4C(=O)c5ccc(Cl)cc5C4(C)C)c2)C3)cnn1C. The van der Waals surface area contributed by atoms with Crippen molar-refractivity contribution in [2.75, 3.05) is 36.0 Å². The number of rotatable bonds is 3. The molecule has 0 saturated carbocycles. The number of carbonyl (C=O) groups excluding carboxylic acids is 2. The second kappa shape index (κ2) is 7.31. The molecule has 9 heteroatoms. The lowest BCUT2D eigenvalue weighted by molar-refractivity contribution is -0.0105. The Morgan fingerprint density at radius 3 is 2.43 bits per heavy atom. The molecule has 5 heterocycles. The van der Waals surface area contributed by atoms with Crippen LogP contribution in [0.4, 0.5) is 11.4 Å². The van der Waals surface area contributed by atoms with Gasteiger partial charge in [-0.3, -0.25) is 24.2 Å². The van der Waals surface area contributed by atoms with Gasteiger partial charge in [0.2, 0.25) is 0 Å². The number of anilines is 2. The zero-order chi connectivity index (χ0) is 24.7. The van der Waals surface area contributed by atoms with Crippen molar-refractivity contribution in [2.24, 2.45) is 12.5 Å². The molecule has 1 spiro atoms. The highest BCUT2D eigenvalue weighted by molar-refractivity contribution is 6.31. The number of halogens is 1. The topological polar surface area (TPSA) is 74.6 Å². The van der Waals surface area contributed by atoms with Gasteiger partial charge >= 0.3 is 0 Å². The highest BCUT2D eigenvalue weighted by Crippen LogP contribution is 2.45. The number of aromatic nitrogens is 3. The molecular weight excluding hydrogens is 464 g/mol. The van der Waals surface area contributed by atoms with Crippen molar-refractivity contribution >= 4 is 34.8 Å². The van der Waals surface area contributed by atoms with Crippen LogP contribution in [0.3, 0.4) is 0 Å². The van der Waals surface area contributed by atoms with Gasteiger partial charge in [-0.1, -0.05) is 11.6 Å². The van der Waals surface area contributed by atoms with Gasteiger partial charge < -0.3 is 9.80 Å². The maximum atomic E-state index is 13.3. The molecule has 2 amide bonds. The number of hydrogen-bond acceptors (Lipinski definition) is 5. The summed E-state index contributed by atoms with van der Waals surface area (Å²) >= 11 is 6.23. The zero-order valence-corrected chi connectivity index (χ0v) is 21.0. The Labute approximate surface area is 209 Å². The smallest absolute Gasteiger partial charge is 0.259 e. The summed E-state index contributed by atoms with van der Waals surface area (Å²) in [5.41, 5.74) is 4.50. The first-order valence-corrected chi connectivity index (χ1v) is 12.1. The molecule has 0 bridgehead atoms. The Kier molecular flexibility index (Phi) is 4.61. The number of benzene rings is 1. The molecule has 6 rings (SSSR count). The summed E-state index contributed by atoms with van der Waals surface area (Å²) in [7, 11) is 1.85. The van der Waals surface area contributed by atoms with Gasteiger partial charge in [0.15, 0.2) is 0 Å². The Morgan fingerprint density at radius 2 is 1.74 bits per heavy atom. The first-order chi connectivity index (χ1) is 16.6. The van der Waals surface area contributed by atoms with Gasteiger partial charge in [-0.15, -0.1) is 0 Å². The Bertz CT molecular complexity index is 1380. The third kappa shape index (κ3) is 3.19. The molecule has 3 aliphatic rings. The fourth-order valence-electron chi connectivity index (χ4n) is 5.79. The molecule has 2 aromatic heterocycles. The van der Waals surface area contributed by atoms with E-state index in [0.29, 0.717) is 16.1 Å². The lowest BCUT2D eigenvalue weighted by Crippen LogP contribution is -2.73. The summed E-state index contributed by atoms with van der Waals surface area (Å²) in [6.45, 7) is 9.20. The van der Waals surface area contributed by atoms with Crippen LogP contribution >= 0.6 is 11.6 Å². The number of pyridine rings is 1. The van der Waals surface area contributed by atoms with Crippen LogP contribution < -0.4 is 9.80 Å². The van der Waals surface area contributed by atoms with E-state index >= 15 is 0 Å². The van der Waals surface area contributed by atoms with Gasteiger partial charge in [0, 0.05) is 54.9 Å². The number of carbonyl (C=O) groups is 2. The van der Waals surface area contributed by atoms with E-state index in [-0.39, 0.29) is 17.2 Å². The second-order valence-corrected chi connectivity index (χ2v) is 11.0. The van der Waals surface area contributed by atoms with E-state index in [4.69, 9.17) is 11.6 Å². The quantitative estimate of drug-likeness (QED) is 0.560. The number of amides is 2. The van der Waals surface area contributed by atoms with Gasteiger partial charge in [0.05, 0.1) is 41.1 Å². The zero-order valence-electron chi connectivity index (χ0n) is 20.2. The number of aryl methyl sites for hydroxylation is 1. The summed E-state index contributed by atoms with van der Waals surface area (Å²) in [4.78, 5) is 36.6. The molecule has 3 aromatic rings. The van der Waals surface area contributed by atoms with Crippen molar-refractivity contribution in [2.45, 2.75) is 26.3 Å². The third-order valence-corrected chi connectivity index (χ3v) is 8.06. The number of hydrogen-bond donors (Lipinski definition) is 0. The fourth-order valence-corrected chi connectivity index (χ4v) is 5.96. The van der Waals surface area contributed by atoms with Crippen LogP contribution in [0.15, 0.2) is 42.9 Å². The van der Waals surface area contributed by atoms with Crippen molar-refractivity contribution < 1.29 is 9.59 Å². The number of nitrogens with zero attached hydrogens (tertiary/aromatic N) is 6. The molecular formula is C26H27ClN6O2. The van der Waals surface area contributed by atoms with Crippen molar-refractivity contribution in [3.05, 3.63) is 70.3 Å². The molecule has 0 N–H and O–H groups in total. The first-order valence-electron chi connectivity index (χ1n) is 11.7. The highest BCUT2D eigenvalue weighted by Gasteiger charge is 2.53. The molecule has 0 unspecified atom stereocenters. The minimum Gasteiger partial charge on any atom is -0.369 e. The predicted molar refractivity (Wildman–Crippen MR) is 134 cm³/mol. The van der Waals surface area contributed by atoms with Crippen LogP contribution in [0.1, 0.15) is 45.8 Å².